The molecule has 0 spiro atoms. The number of benzene rings is 1. The number of nitrogens with one attached hydrogen (secondary N) is 1. The van der Waals surface area contributed by atoms with Gasteiger partial charge in [-0.3, -0.25) is 9.78 Å². The third-order valence-electron chi connectivity index (χ3n) is 5.82. The van der Waals surface area contributed by atoms with Crippen molar-refractivity contribution in [2.75, 3.05) is 0 Å². The number of aliphatic carboxylic acids is 1. The number of carboxylic acids is 1. The fourth-order valence-corrected chi connectivity index (χ4v) is 4.02. The Morgan fingerprint density at radius 1 is 1.00 bits per heavy atom. The maximum absolute atomic E-state index is 13.4. The average Bonchev–Trinajstić information content (AvgIpc) is 3.23. The number of aromatic amines is 1. The molecule has 2 N–H and O–H groups in total. The molecule has 0 unspecified atom stereocenters. The van der Waals surface area contributed by atoms with Crippen LogP contribution in [0, 0.1) is 11.7 Å². The summed E-state index contributed by atoms with van der Waals surface area (Å²) in [5.74, 6) is -0.143. The highest BCUT2D eigenvalue weighted by atomic mass is 19.1. The minimum atomic E-state index is -0.723. The summed E-state index contributed by atoms with van der Waals surface area (Å²) in [7, 11) is 0. The van der Waals surface area contributed by atoms with E-state index in [1.807, 2.05) is 24.3 Å². The Balaban J connectivity index is 1.25. The number of carboxylic acid groups (broad SMARTS) is 1. The molecule has 0 amide bonds. The van der Waals surface area contributed by atoms with E-state index in [4.69, 9.17) is 9.84 Å². The lowest BCUT2D eigenvalue weighted by atomic mass is 9.87. The summed E-state index contributed by atoms with van der Waals surface area (Å²) in [5.41, 5.74) is 3.75. The quantitative estimate of drug-likeness (QED) is 0.468. The van der Waals surface area contributed by atoms with Crippen LogP contribution in [0.25, 0.3) is 33.7 Å². The van der Waals surface area contributed by atoms with Crippen molar-refractivity contribution in [1.82, 2.24) is 19.9 Å². The number of aromatic nitrogens is 4. The third kappa shape index (κ3) is 4.16. The lowest BCUT2D eigenvalue weighted by Crippen LogP contribution is -2.28. The van der Waals surface area contributed by atoms with E-state index in [1.165, 1.54) is 12.1 Å². The Morgan fingerprint density at radius 3 is 2.47 bits per heavy atom. The van der Waals surface area contributed by atoms with Crippen LogP contribution in [0.3, 0.4) is 0 Å². The Morgan fingerprint density at radius 2 is 1.78 bits per heavy atom. The van der Waals surface area contributed by atoms with E-state index in [1.54, 1.807) is 18.5 Å². The standard InChI is InChI=1S/C24H21FN4O3/c25-17-5-9-20-21(11-17)29-23(28-20)16-3-8-19(26-13-16)15-4-10-22(27-12-15)32-18-6-1-14(2-7-18)24(30)31/h3-5,8-14,18H,1-2,6-7H2,(H,28,29)(H,30,31). The van der Waals surface area contributed by atoms with Crippen LogP contribution < -0.4 is 4.74 Å². The number of pyridine rings is 2. The van der Waals surface area contributed by atoms with Crippen LogP contribution in [0.5, 0.6) is 5.88 Å². The Hall–Kier alpha value is -3.81. The number of hydrogen-bond acceptors (Lipinski definition) is 5. The first-order valence-electron chi connectivity index (χ1n) is 10.5. The second-order valence-corrected chi connectivity index (χ2v) is 7.99. The van der Waals surface area contributed by atoms with Crippen molar-refractivity contribution in [3.63, 3.8) is 0 Å². The number of H-pyrrole nitrogens is 1. The Kier molecular flexibility index (Phi) is 5.26. The number of fused-ring (bicyclic) bond motifs is 1. The minimum Gasteiger partial charge on any atom is -0.481 e. The second kappa shape index (κ2) is 8.37. The van der Waals surface area contributed by atoms with Gasteiger partial charge in [0, 0.05) is 29.6 Å². The molecule has 3 heterocycles. The van der Waals surface area contributed by atoms with E-state index in [2.05, 4.69) is 19.9 Å². The van der Waals surface area contributed by atoms with Gasteiger partial charge in [-0.1, -0.05) is 0 Å². The maximum Gasteiger partial charge on any atom is 0.306 e. The second-order valence-electron chi connectivity index (χ2n) is 7.99. The molecular weight excluding hydrogens is 411 g/mol. The van der Waals surface area contributed by atoms with Crippen LogP contribution in [0.4, 0.5) is 4.39 Å². The first-order chi connectivity index (χ1) is 15.5. The van der Waals surface area contributed by atoms with Gasteiger partial charge in [-0.25, -0.2) is 14.4 Å². The molecule has 1 saturated carbocycles. The highest BCUT2D eigenvalue weighted by Crippen LogP contribution is 2.28. The normalized spacial score (nSPS) is 18.5. The van der Waals surface area contributed by atoms with Crippen molar-refractivity contribution in [3.8, 4) is 28.5 Å². The largest absolute Gasteiger partial charge is 0.481 e. The van der Waals surface area contributed by atoms with Gasteiger partial charge in [0.1, 0.15) is 17.7 Å². The van der Waals surface area contributed by atoms with Crippen molar-refractivity contribution in [2.24, 2.45) is 5.92 Å². The Bertz CT molecular complexity index is 1250. The first-order valence-corrected chi connectivity index (χ1v) is 10.5. The van der Waals surface area contributed by atoms with Crippen LogP contribution in [0.1, 0.15) is 25.7 Å². The fourth-order valence-electron chi connectivity index (χ4n) is 4.02. The number of imidazole rings is 1. The molecule has 5 rings (SSSR count). The van der Waals surface area contributed by atoms with Gasteiger partial charge in [-0.15, -0.1) is 0 Å². The first kappa shape index (κ1) is 20.1. The molecule has 1 aliphatic carbocycles. The molecule has 1 aromatic carbocycles. The van der Waals surface area contributed by atoms with Crippen LogP contribution >= 0.6 is 0 Å². The van der Waals surface area contributed by atoms with Crippen LogP contribution in [0.2, 0.25) is 0 Å². The number of rotatable bonds is 5. The van der Waals surface area contributed by atoms with Gasteiger partial charge in [0.15, 0.2) is 0 Å². The highest BCUT2D eigenvalue weighted by Gasteiger charge is 2.27. The summed E-state index contributed by atoms with van der Waals surface area (Å²) in [6.45, 7) is 0. The summed E-state index contributed by atoms with van der Waals surface area (Å²) >= 11 is 0. The van der Waals surface area contributed by atoms with Gasteiger partial charge in [0.05, 0.1) is 22.6 Å². The lowest BCUT2D eigenvalue weighted by Gasteiger charge is -2.26. The zero-order valence-corrected chi connectivity index (χ0v) is 17.2. The SMILES string of the molecule is O=C(O)C1CCC(Oc2ccc(-c3ccc(-c4nc5ccc(F)cc5[nH]4)cn3)cn2)CC1. The molecule has 1 aliphatic rings. The summed E-state index contributed by atoms with van der Waals surface area (Å²) in [6, 6.07) is 11.9. The molecule has 1 fully saturated rings. The average molecular weight is 432 g/mol. The lowest BCUT2D eigenvalue weighted by molar-refractivity contribution is -0.143. The van der Waals surface area contributed by atoms with Crippen molar-refractivity contribution < 1.29 is 19.0 Å². The molecule has 0 bridgehead atoms. The van der Waals surface area contributed by atoms with E-state index in [-0.39, 0.29) is 17.8 Å². The minimum absolute atomic E-state index is 0.00126. The molecule has 0 atom stereocenters. The van der Waals surface area contributed by atoms with E-state index >= 15 is 0 Å². The number of carbonyl (C=O) groups is 1. The molecule has 32 heavy (non-hydrogen) atoms. The van der Waals surface area contributed by atoms with Crippen molar-refractivity contribution >= 4 is 17.0 Å². The van der Waals surface area contributed by atoms with E-state index in [0.717, 1.165) is 29.7 Å². The zero-order chi connectivity index (χ0) is 22.1. The smallest absolute Gasteiger partial charge is 0.306 e. The van der Waals surface area contributed by atoms with Crippen LogP contribution in [-0.4, -0.2) is 37.1 Å². The van der Waals surface area contributed by atoms with E-state index in [0.29, 0.717) is 35.6 Å². The molecule has 7 nitrogen and oxygen atoms in total. The van der Waals surface area contributed by atoms with Crippen molar-refractivity contribution in [2.45, 2.75) is 31.8 Å². The molecule has 4 aromatic rings. The van der Waals surface area contributed by atoms with Gasteiger partial charge in [0.2, 0.25) is 5.88 Å². The predicted molar refractivity (Wildman–Crippen MR) is 117 cm³/mol. The molecule has 0 aliphatic heterocycles. The van der Waals surface area contributed by atoms with Gasteiger partial charge in [-0.2, -0.15) is 0 Å². The number of nitrogens with zero attached hydrogens (tertiary/aromatic N) is 3. The summed E-state index contributed by atoms with van der Waals surface area (Å²) in [6.07, 6.45) is 6.14. The number of halogens is 1. The summed E-state index contributed by atoms with van der Waals surface area (Å²) in [5, 5.41) is 9.10. The topological polar surface area (TPSA) is 101 Å². The summed E-state index contributed by atoms with van der Waals surface area (Å²) in [4.78, 5) is 27.6. The zero-order valence-electron chi connectivity index (χ0n) is 17.2. The molecule has 0 saturated heterocycles. The van der Waals surface area contributed by atoms with E-state index in [9.17, 15) is 9.18 Å². The number of hydrogen-bond donors (Lipinski definition) is 2. The molecule has 162 valence electrons. The van der Waals surface area contributed by atoms with Crippen LogP contribution in [-0.2, 0) is 4.79 Å². The van der Waals surface area contributed by atoms with Gasteiger partial charge in [0.25, 0.3) is 0 Å². The Labute approximate surface area is 183 Å². The van der Waals surface area contributed by atoms with Crippen molar-refractivity contribution in [3.05, 3.63) is 60.7 Å². The van der Waals surface area contributed by atoms with Gasteiger partial charge >= 0.3 is 5.97 Å². The molecule has 0 radical (unpaired) electrons. The third-order valence-corrected chi connectivity index (χ3v) is 5.82. The maximum atomic E-state index is 13.4. The summed E-state index contributed by atoms with van der Waals surface area (Å²) < 4.78 is 19.3. The predicted octanol–water partition coefficient (Wildman–Crippen LogP) is 4.85. The highest BCUT2D eigenvalue weighted by molar-refractivity contribution is 5.79. The molecular formula is C24H21FN4O3. The monoisotopic (exact) mass is 432 g/mol. The molecule has 8 heteroatoms. The molecule has 3 aromatic heterocycles. The van der Waals surface area contributed by atoms with Gasteiger partial charge in [-0.05, 0) is 62.1 Å². The van der Waals surface area contributed by atoms with Gasteiger partial charge < -0.3 is 14.8 Å². The van der Waals surface area contributed by atoms with Crippen LogP contribution in [0.15, 0.2) is 54.9 Å². The van der Waals surface area contributed by atoms with E-state index < -0.39 is 5.97 Å². The van der Waals surface area contributed by atoms with Crippen molar-refractivity contribution in [1.29, 1.82) is 0 Å². The fraction of sp³-hybridized carbons (Fsp3) is 0.250. The number of ether oxygens (including phenoxy) is 1.